The van der Waals surface area contributed by atoms with Crippen molar-refractivity contribution in [3.8, 4) is 0 Å². The fraction of sp³-hybridized carbons (Fsp3) is 1.00. The predicted octanol–water partition coefficient (Wildman–Crippen LogP) is 3.11. The van der Waals surface area contributed by atoms with E-state index in [0.717, 1.165) is 0 Å². The summed E-state index contributed by atoms with van der Waals surface area (Å²) in [6, 6.07) is 0. The second-order valence-electron chi connectivity index (χ2n) is 4.67. The average Bonchev–Trinajstić information content (AvgIpc) is 2.27. The Labute approximate surface area is 83.1 Å². The smallest absolute Gasteiger partial charge is 0.303 e. The predicted molar refractivity (Wildman–Crippen MR) is 50.1 cm³/mol. The monoisotopic (exact) mass is 209 g/mol. The fourth-order valence-corrected chi connectivity index (χ4v) is 2.60. The topological polar surface area (TPSA) is 12.0 Å². The maximum Gasteiger partial charge on any atom is 0.407 e. The van der Waals surface area contributed by atoms with Crippen molar-refractivity contribution in [2.24, 2.45) is 5.41 Å². The molecule has 0 aromatic heterocycles. The van der Waals surface area contributed by atoms with E-state index in [-0.39, 0.29) is 6.42 Å². The van der Waals surface area contributed by atoms with Gasteiger partial charge in [-0.15, -0.1) is 0 Å². The van der Waals surface area contributed by atoms with Crippen LogP contribution in [0.15, 0.2) is 0 Å². The van der Waals surface area contributed by atoms with Crippen LogP contribution in [0.1, 0.15) is 40.0 Å². The van der Waals surface area contributed by atoms with Crippen molar-refractivity contribution in [3.05, 3.63) is 0 Å². The van der Waals surface area contributed by atoms with Gasteiger partial charge < -0.3 is 5.32 Å². The van der Waals surface area contributed by atoms with E-state index < -0.39 is 17.1 Å². The third-order valence-corrected chi connectivity index (χ3v) is 3.47. The number of hydrogen-bond acceptors (Lipinski definition) is 1. The van der Waals surface area contributed by atoms with Crippen LogP contribution in [0.3, 0.4) is 0 Å². The lowest BCUT2D eigenvalue weighted by Crippen LogP contribution is -2.62. The van der Waals surface area contributed by atoms with Crippen LogP contribution in [0.2, 0.25) is 0 Å². The molecule has 0 saturated heterocycles. The second-order valence-corrected chi connectivity index (χ2v) is 4.67. The first-order valence-corrected chi connectivity index (χ1v) is 5.08. The summed E-state index contributed by atoms with van der Waals surface area (Å²) in [5.41, 5.74) is -2.37. The highest BCUT2D eigenvalue weighted by atomic mass is 19.4. The Morgan fingerprint density at radius 1 is 1.21 bits per heavy atom. The molecule has 0 bridgehead atoms. The number of nitrogens with one attached hydrogen (secondary N) is 1. The van der Waals surface area contributed by atoms with Crippen LogP contribution in [0.25, 0.3) is 0 Å². The molecule has 0 amide bonds. The highest BCUT2D eigenvalue weighted by molar-refractivity contribution is 5.09. The van der Waals surface area contributed by atoms with Crippen LogP contribution >= 0.6 is 0 Å². The van der Waals surface area contributed by atoms with Crippen molar-refractivity contribution in [2.45, 2.75) is 51.7 Å². The van der Waals surface area contributed by atoms with Crippen molar-refractivity contribution in [3.63, 3.8) is 0 Å². The van der Waals surface area contributed by atoms with Crippen LogP contribution < -0.4 is 5.32 Å². The van der Waals surface area contributed by atoms with E-state index in [1.54, 1.807) is 20.8 Å². The molecule has 0 spiro atoms. The van der Waals surface area contributed by atoms with Gasteiger partial charge in [0.2, 0.25) is 0 Å². The summed E-state index contributed by atoms with van der Waals surface area (Å²) < 4.78 is 39.1. The Morgan fingerprint density at radius 3 is 2.07 bits per heavy atom. The molecule has 1 fully saturated rings. The molecule has 1 rings (SSSR count). The minimum atomic E-state index is -4.15. The lowest BCUT2D eigenvalue weighted by atomic mass is 9.74. The van der Waals surface area contributed by atoms with Crippen molar-refractivity contribution >= 4 is 0 Å². The van der Waals surface area contributed by atoms with Gasteiger partial charge in [0, 0.05) is 0 Å². The average molecular weight is 209 g/mol. The highest BCUT2D eigenvalue weighted by Gasteiger charge is 2.64. The lowest BCUT2D eigenvalue weighted by molar-refractivity contribution is -0.220. The minimum Gasteiger partial charge on any atom is -0.303 e. The van der Waals surface area contributed by atoms with Crippen LogP contribution in [0, 0.1) is 5.41 Å². The third kappa shape index (κ3) is 1.53. The maximum absolute atomic E-state index is 13.0. The van der Waals surface area contributed by atoms with E-state index in [0.29, 0.717) is 19.4 Å². The number of hydrogen-bond donors (Lipinski definition) is 1. The van der Waals surface area contributed by atoms with Gasteiger partial charge in [-0.25, -0.2) is 0 Å². The minimum absolute atomic E-state index is 0.206. The van der Waals surface area contributed by atoms with Gasteiger partial charge in [0.15, 0.2) is 0 Å². The van der Waals surface area contributed by atoms with Gasteiger partial charge in [-0.1, -0.05) is 27.2 Å². The van der Waals surface area contributed by atoms with Crippen LogP contribution in [-0.4, -0.2) is 18.3 Å². The van der Waals surface area contributed by atoms with Crippen LogP contribution in [0.5, 0.6) is 0 Å². The molecule has 1 nitrogen and oxygen atoms in total. The standard InChI is InChI=1S/C10H18F3N/c1-4-14-9(10(11,12)13)7-5-6-8(9,2)3/h14H,4-7H2,1-3H3. The van der Waals surface area contributed by atoms with E-state index in [4.69, 9.17) is 0 Å². The molecule has 1 saturated carbocycles. The normalized spacial score (nSPS) is 32.1. The Balaban J connectivity index is 3.04. The van der Waals surface area contributed by atoms with Gasteiger partial charge >= 0.3 is 6.18 Å². The van der Waals surface area contributed by atoms with E-state index in [1.165, 1.54) is 0 Å². The van der Waals surface area contributed by atoms with E-state index >= 15 is 0 Å². The third-order valence-electron chi connectivity index (χ3n) is 3.47. The SMILES string of the molecule is CCNC1(C(F)(F)F)CCCC1(C)C. The van der Waals surface area contributed by atoms with Crippen molar-refractivity contribution in [2.75, 3.05) is 6.54 Å². The summed E-state index contributed by atoms with van der Waals surface area (Å²) in [7, 11) is 0. The molecule has 1 aliphatic carbocycles. The first kappa shape index (κ1) is 11.8. The molecular weight excluding hydrogens is 191 g/mol. The van der Waals surface area contributed by atoms with Gasteiger partial charge in [0.25, 0.3) is 0 Å². The first-order valence-electron chi connectivity index (χ1n) is 5.08. The molecule has 0 aromatic carbocycles. The zero-order valence-corrected chi connectivity index (χ0v) is 8.96. The zero-order valence-electron chi connectivity index (χ0n) is 8.96. The molecule has 1 unspecified atom stereocenters. The van der Waals surface area contributed by atoms with Crippen molar-refractivity contribution < 1.29 is 13.2 Å². The van der Waals surface area contributed by atoms with Crippen molar-refractivity contribution in [1.82, 2.24) is 5.32 Å². The number of rotatable bonds is 2. The molecule has 0 aromatic rings. The van der Waals surface area contributed by atoms with E-state index in [1.807, 2.05) is 0 Å². The second kappa shape index (κ2) is 3.40. The summed E-state index contributed by atoms with van der Waals surface area (Å²) in [6.45, 7) is 5.50. The van der Waals surface area contributed by atoms with Gasteiger partial charge in [-0.2, -0.15) is 13.2 Å². The van der Waals surface area contributed by atoms with Gasteiger partial charge in [0.1, 0.15) is 5.54 Å². The quantitative estimate of drug-likeness (QED) is 0.736. The molecule has 1 N–H and O–H groups in total. The molecule has 0 heterocycles. The Bertz CT molecular complexity index is 210. The van der Waals surface area contributed by atoms with Gasteiger partial charge in [0.05, 0.1) is 0 Å². The van der Waals surface area contributed by atoms with Gasteiger partial charge in [-0.05, 0) is 24.8 Å². The van der Waals surface area contributed by atoms with E-state index in [2.05, 4.69) is 5.32 Å². The maximum atomic E-state index is 13.0. The summed E-state index contributed by atoms with van der Waals surface area (Å²) in [6.07, 6.45) is -2.65. The van der Waals surface area contributed by atoms with E-state index in [9.17, 15) is 13.2 Å². The number of alkyl halides is 3. The van der Waals surface area contributed by atoms with Crippen LogP contribution in [0.4, 0.5) is 13.2 Å². The first-order chi connectivity index (χ1) is 6.27. The van der Waals surface area contributed by atoms with Crippen LogP contribution in [-0.2, 0) is 0 Å². The Hall–Kier alpha value is -0.250. The fourth-order valence-electron chi connectivity index (χ4n) is 2.60. The molecule has 4 heteroatoms. The Kier molecular flexibility index (Phi) is 2.87. The highest BCUT2D eigenvalue weighted by Crippen LogP contribution is 2.53. The summed E-state index contributed by atoms with van der Waals surface area (Å²) in [4.78, 5) is 0. The Morgan fingerprint density at radius 2 is 1.79 bits per heavy atom. The summed E-state index contributed by atoms with van der Waals surface area (Å²) in [5, 5.41) is 2.66. The molecular formula is C10H18F3N. The number of halogens is 3. The molecule has 1 aliphatic rings. The summed E-state index contributed by atoms with van der Waals surface area (Å²) >= 11 is 0. The lowest BCUT2D eigenvalue weighted by Gasteiger charge is -2.43. The molecule has 84 valence electrons. The largest absolute Gasteiger partial charge is 0.407 e. The molecule has 1 atom stereocenters. The van der Waals surface area contributed by atoms with Crippen molar-refractivity contribution in [1.29, 1.82) is 0 Å². The van der Waals surface area contributed by atoms with Gasteiger partial charge in [-0.3, -0.25) is 0 Å². The molecule has 0 aliphatic heterocycles. The zero-order chi connectivity index (χ0) is 11.0. The molecule has 0 radical (unpaired) electrons. The molecule has 14 heavy (non-hydrogen) atoms. The summed E-state index contributed by atoms with van der Waals surface area (Å²) in [5.74, 6) is 0.